The fraction of sp³-hybridized carbons (Fsp3) is 0.391. The van der Waals surface area contributed by atoms with Crippen molar-refractivity contribution in [1.82, 2.24) is 20.3 Å². The lowest BCUT2D eigenvalue weighted by molar-refractivity contribution is -0.119. The average Bonchev–Trinajstić information content (AvgIpc) is 3.41. The first-order valence-corrected chi connectivity index (χ1v) is 11.1. The van der Waals surface area contributed by atoms with E-state index >= 15 is 4.39 Å². The summed E-state index contributed by atoms with van der Waals surface area (Å²) >= 11 is 0. The molecule has 33 heavy (non-hydrogen) atoms. The number of rotatable bonds is 5. The summed E-state index contributed by atoms with van der Waals surface area (Å²) in [5.74, 6) is -0.621. The van der Waals surface area contributed by atoms with Crippen molar-refractivity contribution >= 4 is 34.4 Å². The van der Waals surface area contributed by atoms with E-state index < -0.39 is 18.0 Å². The number of nitrogens with zero attached hydrogens (tertiary/aromatic N) is 5. The number of amides is 2. The number of ether oxygens (including phenoxy) is 1. The van der Waals surface area contributed by atoms with E-state index in [4.69, 9.17) is 4.74 Å². The summed E-state index contributed by atoms with van der Waals surface area (Å²) in [5.41, 5.74) is 2.48. The Balaban J connectivity index is 1.37. The smallest absolute Gasteiger partial charge is 0.414 e. The number of carbonyl (C=O) groups excluding carboxylic acids is 2. The maximum absolute atomic E-state index is 15.3. The van der Waals surface area contributed by atoms with Crippen molar-refractivity contribution in [3.8, 4) is 0 Å². The molecule has 0 radical (unpaired) electrons. The van der Waals surface area contributed by atoms with E-state index in [2.05, 4.69) is 15.5 Å². The minimum Gasteiger partial charge on any atom is -0.442 e. The highest BCUT2D eigenvalue weighted by molar-refractivity contribution is 5.90. The van der Waals surface area contributed by atoms with E-state index in [1.54, 1.807) is 16.9 Å². The predicted octanol–water partition coefficient (Wildman–Crippen LogP) is 3.22. The molecule has 0 aliphatic carbocycles. The van der Waals surface area contributed by atoms with E-state index in [9.17, 15) is 9.59 Å². The topological polar surface area (TPSA) is 92.6 Å². The average molecular weight is 452 g/mol. The molecule has 2 fully saturated rings. The third-order valence-electron chi connectivity index (χ3n) is 6.04. The molecule has 3 aromatic rings. The van der Waals surface area contributed by atoms with Gasteiger partial charge in [-0.05, 0) is 49.6 Å². The molecule has 9 nitrogen and oxygen atoms in total. The highest BCUT2D eigenvalue weighted by Crippen LogP contribution is 2.35. The lowest BCUT2D eigenvalue weighted by Crippen LogP contribution is -2.38. The number of aromatic nitrogens is 3. The number of carbonyl (C=O) groups is 2. The fourth-order valence-corrected chi connectivity index (χ4v) is 4.44. The van der Waals surface area contributed by atoms with Crippen LogP contribution in [-0.2, 0) is 9.53 Å². The molecule has 0 spiro atoms. The van der Waals surface area contributed by atoms with Gasteiger partial charge in [-0.15, -0.1) is 0 Å². The number of hydrogen-bond donors (Lipinski definition) is 1. The SMILES string of the molecule is CC(=O)NC[C@H]1CN(c2ccc(N3CCCCC3n3nc4ccccc4n3)c(F)c2)C(=O)O1. The van der Waals surface area contributed by atoms with E-state index in [1.807, 2.05) is 29.2 Å². The molecular formula is C23H25FN6O3. The lowest BCUT2D eigenvalue weighted by atomic mass is 10.1. The standard InChI is InChI=1S/C23H25FN6O3/c1-15(31)25-13-17-14-29(23(32)33-17)16-9-10-21(18(24)12-16)28-11-5-4-8-22(28)30-26-19-6-2-3-7-20(19)27-30/h2-3,6-7,9-10,12,17,22H,4-5,8,11,13-14H2,1H3,(H,25,31)/t17-,22?/m0/s1. The number of fused-ring (bicyclic) bond motifs is 1. The van der Waals surface area contributed by atoms with Gasteiger partial charge in [-0.3, -0.25) is 9.69 Å². The van der Waals surface area contributed by atoms with E-state index in [1.165, 1.54) is 17.9 Å². The van der Waals surface area contributed by atoms with Gasteiger partial charge in [0.1, 0.15) is 29.1 Å². The molecule has 5 rings (SSSR count). The summed E-state index contributed by atoms with van der Waals surface area (Å²) in [5, 5.41) is 11.9. The minimum absolute atomic E-state index is 0.190. The van der Waals surface area contributed by atoms with Crippen LogP contribution >= 0.6 is 0 Å². The Hall–Kier alpha value is -3.69. The van der Waals surface area contributed by atoms with Crippen molar-refractivity contribution in [2.75, 3.05) is 29.4 Å². The van der Waals surface area contributed by atoms with E-state index in [0.29, 0.717) is 17.9 Å². The van der Waals surface area contributed by atoms with Gasteiger partial charge < -0.3 is 15.0 Å². The number of cyclic esters (lactones) is 1. The number of anilines is 2. The van der Waals surface area contributed by atoms with Crippen LogP contribution in [0.1, 0.15) is 32.4 Å². The van der Waals surface area contributed by atoms with E-state index in [-0.39, 0.29) is 25.2 Å². The molecule has 2 aliphatic rings. The Morgan fingerprint density at radius 3 is 2.64 bits per heavy atom. The van der Waals surface area contributed by atoms with Crippen molar-refractivity contribution in [3.05, 3.63) is 48.3 Å². The van der Waals surface area contributed by atoms with Gasteiger partial charge in [0.05, 0.1) is 24.5 Å². The summed E-state index contributed by atoms with van der Waals surface area (Å²) in [4.78, 5) is 28.5. The highest BCUT2D eigenvalue weighted by atomic mass is 19.1. The van der Waals surface area contributed by atoms with Crippen molar-refractivity contribution in [1.29, 1.82) is 0 Å². The van der Waals surface area contributed by atoms with Gasteiger partial charge >= 0.3 is 6.09 Å². The Morgan fingerprint density at radius 2 is 1.94 bits per heavy atom. The van der Waals surface area contributed by atoms with Gasteiger partial charge in [-0.25, -0.2) is 9.18 Å². The van der Waals surface area contributed by atoms with Gasteiger partial charge in [-0.2, -0.15) is 15.0 Å². The first-order valence-electron chi connectivity index (χ1n) is 11.1. The van der Waals surface area contributed by atoms with E-state index in [0.717, 1.165) is 30.3 Å². The molecule has 172 valence electrons. The van der Waals surface area contributed by atoms with Gasteiger partial charge in [0.15, 0.2) is 0 Å². The normalized spacial score (nSPS) is 20.8. The number of benzene rings is 2. The molecule has 2 saturated heterocycles. The van der Waals surface area contributed by atoms with Gasteiger partial charge in [0.2, 0.25) is 5.91 Å². The quantitative estimate of drug-likeness (QED) is 0.639. The molecule has 2 atom stereocenters. The maximum atomic E-state index is 15.3. The van der Waals surface area contributed by atoms with Crippen LogP contribution in [0.3, 0.4) is 0 Å². The molecule has 0 bridgehead atoms. The van der Waals surface area contributed by atoms with Crippen LogP contribution < -0.4 is 15.1 Å². The second-order valence-corrected chi connectivity index (χ2v) is 8.37. The summed E-state index contributed by atoms with van der Waals surface area (Å²) < 4.78 is 20.6. The van der Waals surface area contributed by atoms with Crippen molar-refractivity contribution in [3.63, 3.8) is 0 Å². The Morgan fingerprint density at radius 1 is 1.18 bits per heavy atom. The van der Waals surface area contributed by atoms with Gasteiger partial charge in [0.25, 0.3) is 0 Å². The Labute approximate surface area is 190 Å². The molecule has 1 N–H and O–H groups in total. The fourth-order valence-electron chi connectivity index (χ4n) is 4.44. The molecule has 2 amide bonds. The van der Waals surface area contributed by atoms with Crippen LogP contribution in [-0.4, -0.2) is 52.7 Å². The first kappa shape index (κ1) is 21.2. The molecule has 3 heterocycles. The maximum Gasteiger partial charge on any atom is 0.414 e. The van der Waals surface area contributed by atoms with Crippen LogP contribution in [0.25, 0.3) is 11.0 Å². The zero-order valence-corrected chi connectivity index (χ0v) is 18.3. The monoisotopic (exact) mass is 452 g/mol. The van der Waals surface area contributed by atoms with Crippen molar-refractivity contribution in [2.24, 2.45) is 0 Å². The lowest BCUT2D eigenvalue weighted by Gasteiger charge is -2.36. The summed E-state index contributed by atoms with van der Waals surface area (Å²) in [6.07, 6.45) is 1.54. The summed E-state index contributed by atoms with van der Waals surface area (Å²) in [6, 6.07) is 12.4. The van der Waals surface area contributed by atoms with Crippen LogP contribution in [0.2, 0.25) is 0 Å². The molecule has 2 aromatic carbocycles. The molecule has 2 aliphatic heterocycles. The highest BCUT2D eigenvalue weighted by Gasteiger charge is 2.34. The van der Waals surface area contributed by atoms with Crippen LogP contribution in [0, 0.1) is 5.82 Å². The third kappa shape index (κ3) is 4.20. The molecular weight excluding hydrogens is 427 g/mol. The Kier molecular flexibility index (Phi) is 5.57. The van der Waals surface area contributed by atoms with Crippen molar-refractivity contribution < 1.29 is 18.7 Å². The first-order chi connectivity index (χ1) is 16.0. The third-order valence-corrected chi connectivity index (χ3v) is 6.04. The summed E-state index contributed by atoms with van der Waals surface area (Å²) in [6.45, 7) is 2.55. The van der Waals surface area contributed by atoms with Gasteiger partial charge in [-0.1, -0.05) is 12.1 Å². The molecule has 1 unspecified atom stereocenters. The zero-order valence-electron chi connectivity index (χ0n) is 18.3. The number of piperidine rings is 1. The number of hydrogen-bond acceptors (Lipinski definition) is 6. The second-order valence-electron chi connectivity index (χ2n) is 8.37. The molecule has 1 aromatic heterocycles. The summed E-state index contributed by atoms with van der Waals surface area (Å²) in [7, 11) is 0. The predicted molar refractivity (Wildman–Crippen MR) is 120 cm³/mol. The Bertz CT molecular complexity index is 1160. The van der Waals surface area contributed by atoms with Crippen LogP contribution in [0.15, 0.2) is 42.5 Å². The minimum atomic E-state index is -0.555. The van der Waals surface area contributed by atoms with Crippen molar-refractivity contribution in [2.45, 2.75) is 38.5 Å². The molecule has 0 saturated carbocycles. The number of nitrogens with one attached hydrogen (secondary N) is 1. The molecule has 10 heteroatoms. The second kappa shape index (κ2) is 8.68. The van der Waals surface area contributed by atoms with Crippen LogP contribution in [0.4, 0.5) is 20.6 Å². The number of halogens is 1. The van der Waals surface area contributed by atoms with Crippen LogP contribution in [0.5, 0.6) is 0 Å². The zero-order chi connectivity index (χ0) is 22.9. The van der Waals surface area contributed by atoms with Gasteiger partial charge in [0, 0.05) is 13.5 Å². The largest absolute Gasteiger partial charge is 0.442 e.